The molecule has 0 amide bonds. The first kappa shape index (κ1) is 15.0. The highest BCUT2D eigenvalue weighted by molar-refractivity contribution is 5.37. The molecule has 0 saturated heterocycles. The maximum atomic E-state index is 6.22. The summed E-state index contributed by atoms with van der Waals surface area (Å²) in [6.45, 7) is 6.19. The Morgan fingerprint density at radius 1 is 1.28 bits per heavy atom. The summed E-state index contributed by atoms with van der Waals surface area (Å²) >= 11 is 0. The van der Waals surface area contributed by atoms with E-state index in [2.05, 4.69) is 26.0 Å². The predicted octanol–water partition coefficient (Wildman–Crippen LogP) is 3.21. The molecule has 3 heteroatoms. The van der Waals surface area contributed by atoms with Crippen LogP contribution in [0.3, 0.4) is 0 Å². The van der Waals surface area contributed by atoms with E-state index in [1.807, 2.05) is 13.0 Å². The standard InChI is InChI=1S/C15H25NO2/c1-11-6-7-12(10-14(11)17-4)13(16)8-9-15(2,3)18-5/h6-7,10,13H,8-9,16H2,1-5H3. The van der Waals surface area contributed by atoms with Crippen molar-refractivity contribution < 1.29 is 9.47 Å². The van der Waals surface area contributed by atoms with Crippen molar-refractivity contribution >= 4 is 0 Å². The van der Waals surface area contributed by atoms with Gasteiger partial charge in [0.25, 0.3) is 0 Å². The summed E-state index contributed by atoms with van der Waals surface area (Å²) < 4.78 is 10.7. The average molecular weight is 251 g/mol. The van der Waals surface area contributed by atoms with Crippen LogP contribution in [0.5, 0.6) is 5.75 Å². The second kappa shape index (κ2) is 6.21. The highest BCUT2D eigenvalue weighted by atomic mass is 16.5. The third-order valence-corrected chi connectivity index (χ3v) is 3.47. The van der Waals surface area contributed by atoms with Crippen molar-refractivity contribution in [2.75, 3.05) is 14.2 Å². The Kier molecular flexibility index (Phi) is 5.17. The summed E-state index contributed by atoms with van der Waals surface area (Å²) in [6, 6.07) is 6.17. The van der Waals surface area contributed by atoms with Crippen molar-refractivity contribution in [3.8, 4) is 5.75 Å². The van der Waals surface area contributed by atoms with E-state index >= 15 is 0 Å². The minimum atomic E-state index is -0.119. The minimum absolute atomic E-state index is 0.0222. The average Bonchev–Trinajstić information content (AvgIpc) is 2.36. The molecule has 0 heterocycles. The molecule has 3 nitrogen and oxygen atoms in total. The molecule has 18 heavy (non-hydrogen) atoms. The lowest BCUT2D eigenvalue weighted by Crippen LogP contribution is -2.24. The first-order chi connectivity index (χ1) is 8.39. The number of methoxy groups -OCH3 is 2. The number of aryl methyl sites for hydroxylation is 1. The number of rotatable bonds is 6. The predicted molar refractivity (Wildman–Crippen MR) is 75.0 cm³/mol. The van der Waals surface area contributed by atoms with Gasteiger partial charge < -0.3 is 15.2 Å². The van der Waals surface area contributed by atoms with Gasteiger partial charge >= 0.3 is 0 Å². The normalized spacial score (nSPS) is 13.4. The summed E-state index contributed by atoms with van der Waals surface area (Å²) in [4.78, 5) is 0. The number of nitrogens with two attached hydrogens (primary N) is 1. The summed E-state index contributed by atoms with van der Waals surface area (Å²) in [5, 5.41) is 0. The molecular formula is C15H25NO2. The van der Waals surface area contributed by atoms with E-state index in [9.17, 15) is 0 Å². The fourth-order valence-corrected chi connectivity index (χ4v) is 1.84. The summed E-state index contributed by atoms with van der Waals surface area (Å²) in [6.07, 6.45) is 1.83. The van der Waals surface area contributed by atoms with Crippen LogP contribution in [0.25, 0.3) is 0 Å². The van der Waals surface area contributed by atoms with Gasteiger partial charge in [-0.25, -0.2) is 0 Å². The molecule has 0 aromatic heterocycles. The number of hydrogen-bond donors (Lipinski definition) is 1. The van der Waals surface area contributed by atoms with Crippen LogP contribution in [0, 0.1) is 6.92 Å². The number of benzene rings is 1. The molecule has 0 spiro atoms. The van der Waals surface area contributed by atoms with Crippen LogP contribution in [0.1, 0.15) is 43.9 Å². The molecule has 1 aromatic carbocycles. The third-order valence-electron chi connectivity index (χ3n) is 3.47. The zero-order valence-electron chi connectivity index (χ0n) is 12.1. The number of ether oxygens (including phenoxy) is 2. The number of hydrogen-bond acceptors (Lipinski definition) is 3. The van der Waals surface area contributed by atoms with Crippen molar-refractivity contribution in [3.63, 3.8) is 0 Å². The summed E-state index contributed by atoms with van der Waals surface area (Å²) in [5.41, 5.74) is 8.35. The molecule has 0 radical (unpaired) electrons. The third kappa shape index (κ3) is 4.00. The Morgan fingerprint density at radius 2 is 1.94 bits per heavy atom. The summed E-state index contributed by atoms with van der Waals surface area (Å²) in [5.74, 6) is 0.897. The largest absolute Gasteiger partial charge is 0.496 e. The Hall–Kier alpha value is -1.06. The topological polar surface area (TPSA) is 44.5 Å². The summed E-state index contributed by atoms with van der Waals surface area (Å²) in [7, 11) is 3.42. The molecule has 1 unspecified atom stereocenters. The Balaban J connectivity index is 2.70. The first-order valence-corrected chi connectivity index (χ1v) is 6.35. The van der Waals surface area contributed by atoms with Crippen LogP contribution in [-0.2, 0) is 4.74 Å². The Morgan fingerprint density at radius 3 is 2.50 bits per heavy atom. The Bertz CT molecular complexity index is 388. The van der Waals surface area contributed by atoms with Gasteiger partial charge in [-0.3, -0.25) is 0 Å². The highest BCUT2D eigenvalue weighted by Crippen LogP contribution is 2.26. The van der Waals surface area contributed by atoms with Gasteiger partial charge in [0.05, 0.1) is 12.7 Å². The van der Waals surface area contributed by atoms with Crippen LogP contribution in [0.15, 0.2) is 18.2 Å². The van der Waals surface area contributed by atoms with E-state index < -0.39 is 0 Å². The fraction of sp³-hybridized carbons (Fsp3) is 0.600. The SMILES string of the molecule is COc1cc(C(N)CCC(C)(C)OC)ccc1C. The van der Waals surface area contributed by atoms with E-state index in [4.69, 9.17) is 15.2 Å². The van der Waals surface area contributed by atoms with Gasteiger partial charge in [-0.15, -0.1) is 0 Å². The maximum absolute atomic E-state index is 6.22. The molecule has 0 aliphatic rings. The molecule has 102 valence electrons. The molecule has 0 aliphatic heterocycles. The van der Waals surface area contributed by atoms with Crippen LogP contribution >= 0.6 is 0 Å². The van der Waals surface area contributed by atoms with Crippen LogP contribution < -0.4 is 10.5 Å². The first-order valence-electron chi connectivity index (χ1n) is 6.35. The van der Waals surface area contributed by atoms with Crippen molar-refractivity contribution in [1.29, 1.82) is 0 Å². The lowest BCUT2D eigenvalue weighted by molar-refractivity contribution is 0.0125. The smallest absolute Gasteiger partial charge is 0.122 e. The fourth-order valence-electron chi connectivity index (χ4n) is 1.84. The van der Waals surface area contributed by atoms with Gasteiger partial charge in [-0.2, -0.15) is 0 Å². The molecule has 1 rings (SSSR count). The van der Waals surface area contributed by atoms with Crippen molar-refractivity contribution in [3.05, 3.63) is 29.3 Å². The van der Waals surface area contributed by atoms with Gasteiger partial charge in [0.2, 0.25) is 0 Å². The lowest BCUT2D eigenvalue weighted by Gasteiger charge is -2.24. The zero-order valence-corrected chi connectivity index (χ0v) is 12.1. The second-order valence-electron chi connectivity index (χ2n) is 5.34. The molecule has 0 bridgehead atoms. The van der Waals surface area contributed by atoms with Gasteiger partial charge in [-0.1, -0.05) is 12.1 Å². The maximum Gasteiger partial charge on any atom is 0.122 e. The van der Waals surface area contributed by atoms with Crippen molar-refractivity contribution in [2.24, 2.45) is 5.73 Å². The quantitative estimate of drug-likeness (QED) is 0.844. The van der Waals surface area contributed by atoms with E-state index in [1.165, 1.54) is 0 Å². The van der Waals surface area contributed by atoms with Gasteiger partial charge in [0.1, 0.15) is 5.75 Å². The van der Waals surface area contributed by atoms with Gasteiger partial charge in [0.15, 0.2) is 0 Å². The molecule has 2 N–H and O–H groups in total. The van der Waals surface area contributed by atoms with E-state index in [0.29, 0.717) is 0 Å². The van der Waals surface area contributed by atoms with E-state index in [-0.39, 0.29) is 11.6 Å². The molecule has 1 atom stereocenters. The van der Waals surface area contributed by atoms with Crippen molar-refractivity contribution in [2.45, 2.75) is 45.3 Å². The Labute approximate surface area is 110 Å². The minimum Gasteiger partial charge on any atom is -0.496 e. The van der Waals surface area contributed by atoms with Gasteiger partial charge in [0, 0.05) is 13.2 Å². The molecule has 0 fully saturated rings. The zero-order chi connectivity index (χ0) is 13.8. The van der Waals surface area contributed by atoms with Crippen LogP contribution in [-0.4, -0.2) is 19.8 Å². The van der Waals surface area contributed by atoms with Crippen LogP contribution in [0.2, 0.25) is 0 Å². The highest BCUT2D eigenvalue weighted by Gasteiger charge is 2.18. The molecule has 0 aliphatic carbocycles. The van der Waals surface area contributed by atoms with Crippen molar-refractivity contribution in [1.82, 2.24) is 0 Å². The molecular weight excluding hydrogens is 226 g/mol. The van der Waals surface area contributed by atoms with E-state index in [1.54, 1.807) is 14.2 Å². The van der Waals surface area contributed by atoms with Crippen LogP contribution in [0.4, 0.5) is 0 Å². The lowest BCUT2D eigenvalue weighted by atomic mass is 9.95. The van der Waals surface area contributed by atoms with E-state index in [0.717, 1.165) is 29.7 Å². The van der Waals surface area contributed by atoms with Gasteiger partial charge in [-0.05, 0) is 50.8 Å². The monoisotopic (exact) mass is 251 g/mol. The second-order valence-corrected chi connectivity index (χ2v) is 5.34. The molecule has 1 aromatic rings. The molecule has 0 saturated carbocycles.